The molecule has 0 aromatic heterocycles. The maximum atomic E-state index is 11.8. The minimum absolute atomic E-state index is 0.0423. The molecule has 0 aliphatic heterocycles. The summed E-state index contributed by atoms with van der Waals surface area (Å²) in [5, 5.41) is 2.87. The van der Waals surface area contributed by atoms with Gasteiger partial charge in [0.05, 0.1) is 13.2 Å². The summed E-state index contributed by atoms with van der Waals surface area (Å²) in [7, 11) is 1.60. The van der Waals surface area contributed by atoms with Gasteiger partial charge >= 0.3 is 0 Å². The third-order valence-electron chi connectivity index (χ3n) is 3.74. The zero-order valence-electron chi connectivity index (χ0n) is 12.6. The highest BCUT2D eigenvalue weighted by Crippen LogP contribution is 2.37. The average molecular weight is 297 g/mol. The van der Waals surface area contributed by atoms with Crippen LogP contribution in [0.1, 0.15) is 11.1 Å². The van der Waals surface area contributed by atoms with Crippen LogP contribution >= 0.6 is 0 Å². The lowest BCUT2D eigenvalue weighted by Gasteiger charge is -2.08. The van der Waals surface area contributed by atoms with Crippen molar-refractivity contribution in [2.24, 2.45) is 0 Å². The predicted molar refractivity (Wildman–Crippen MR) is 86.0 cm³/mol. The summed E-state index contributed by atoms with van der Waals surface area (Å²) in [5.41, 5.74) is 5.94. The maximum absolute atomic E-state index is 11.8. The van der Waals surface area contributed by atoms with E-state index in [4.69, 9.17) is 9.47 Å². The molecule has 114 valence electrons. The second-order valence-corrected chi connectivity index (χ2v) is 5.30. The molecule has 0 bridgehead atoms. The van der Waals surface area contributed by atoms with E-state index in [1.54, 1.807) is 7.11 Å². The Balaban J connectivity index is 1.63. The summed E-state index contributed by atoms with van der Waals surface area (Å²) >= 11 is 0. The fraction of sp³-hybridized carbons (Fsp3) is 0.278. The summed E-state index contributed by atoms with van der Waals surface area (Å²) in [4.78, 5) is 11.8. The molecule has 0 unspecified atom stereocenters. The van der Waals surface area contributed by atoms with Crippen molar-refractivity contribution in [3.05, 3.63) is 53.6 Å². The van der Waals surface area contributed by atoms with E-state index in [1.165, 1.54) is 22.3 Å². The Morgan fingerprint density at radius 1 is 1.09 bits per heavy atom. The topological polar surface area (TPSA) is 47.6 Å². The van der Waals surface area contributed by atoms with Gasteiger partial charge in [0.2, 0.25) is 5.91 Å². The Hall–Kier alpha value is -2.17. The minimum atomic E-state index is -0.147. The van der Waals surface area contributed by atoms with Crippen LogP contribution in [-0.4, -0.2) is 32.8 Å². The maximum Gasteiger partial charge on any atom is 0.250 e. The number of hydrogen-bond donors (Lipinski definition) is 1. The Bertz CT molecular complexity index is 682. The van der Waals surface area contributed by atoms with Crippen molar-refractivity contribution in [3.8, 4) is 11.1 Å². The number of carbonyl (C=O) groups excluding carboxylic acids is 1. The fourth-order valence-corrected chi connectivity index (χ4v) is 2.73. The van der Waals surface area contributed by atoms with Crippen molar-refractivity contribution in [2.45, 2.75) is 6.42 Å². The monoisotopic (exact) mass is 297 g/mol. The van der Waals surface area contributed by atoms with E-state index in [0.29, 0.717) is 13.2 Å². The molecule has 0 fully saturated rings. The highest BCUT2D eigenvalue weighted by molar-refractivity contribution is 5.92. The van der Waals surface area contributed by atoms with Crippen LogP contribution in [0.2, 0.25) is 0 Å². The molecule has 22 heavy (non-hydrogen) atoms. The first-order valence-electron chi connectivity index (χ1n) is 7.35. The lowest BCUT2D eigenvalue weighted by molar-refractivity contribution is -0.121. The number of anilines is 1. The quantitative estimate of drug-likeness (QED) is 0.712. The summed E-state index contributed by atoms with van der Waals surface area (Å²) < 4.78 is 10.1. The predicted octanol–water partition coefficient (Wildman–Crippen LogP) is 2.86. The van der Waals surface area contributed by atoms with Crippen LogP contribution in [0.5, 0.6) is 0 Å². The number of ether oxygens (including phenoxy) is 2. The number of hydrogen-bond acceptors (Lipinski definition) is 3. The molecule has 2 aromatic carbocycles. The number of fused-ring (bicyclic) bond motifs is 3. The molecule has 3 rings (SSSR count). The van der Waals surface area contributed by atoms with Crippen LogP contribution in [0, 0.1) is 0 Å². The van der Waals surface area contributed by atoms with Crippen molar-refractivity contribution >= 4 is 11.6 Å². The van der Waals surface area contributed by atoms with Crippen LogP contribution in [0.15, 0.2) is 42.5 Å². The minimum Gasteiger partial charge on any atom is -0.382 e. The number of benzene rings is 2. The molecule has 1 N–H and O–H groups in total. The van der Waals surface area contributed by atoms with E-state index in [1.807, 2.05) is 12.1 Å². The molecule has 4 nitrogen and oxygen atoms in total. The third kappa shape index (κ3) is 3.18. The van der Waals surface area contributed by atoms with E-state index < -0.39 is 0 Å². The molecule has 4 heteroatoms. The second kappa shape index (κ2) is 6.73. The standard InChI is InChI=1S/C18H19NO3/c1-21-8-9-22-12-18(20)19-15-6-7-17-14(11-15)10-13-4-2-3-5-16(13)17/h2-7,11H,8-10,12H2,1H3,(H,19,20). The van der Waals surface area contributed by atoms with Crippen LogP contribution < -0.4 is 5.32 Å². The molecule has 0 radical (unpaired) electrons. The highest BCUT2D eigenvalue weighted by atomic mass is 16.5. The normalized spacial score (nSPS) is 11.9. The Kier molecular flexibility index (Phi) is 4.51. The van der Waals surface area contributed by atoms with E-state index in [0.717, 1.165) is 12.1 Å². The third-order valence-corrected chi connectivity index (χ3v) is 3.74. The molecule has 0 atom stereocenters. The zero-order chi connectivity index (χ0) is 15.4. The smallest absolute Gasteiger partial charge is 0.250 e. The number of nitrogens with one attached hydrogen (secondary N) is 1. The van der Waals surface area contributed by atoms with E-state index in [-0.39, 0.29) is 12.5 Å². The van der Waals surface area contributed by atoms with Crippen molar-refractivity contribution in [2.75, 3.05) is 32.2 Å². The van der Waals surface area contributed by atoms with Crippen molar-refractivity contribution in [1.29, 1.82) is 0 Å². The molecular formula is C18H19NO3. The SMILES string of the molecule is COCCOCC(=O)Nc1ccc2c(c1)Cc1ccccc1-2. The van der Waals surface area contributed by atoms with Gasteiger partial charge in [0, 0.05) is 12.8 Å². The summed E-state index contributed by atoms with van der Waals surface area (Å²) in [6.45, 7) is 0.953. The molecule has 1 aliphatic carbocycles. The van der Waals surface area contributed by atoms with Gasteiger partial charge in [0.25, 0.3) is 0 Å². The zero-order valence-corrected chi connectivity index (χ0v) is 12.6. The van der Waals surface area contributed by atoms with Gasteiger partial charge in [-0.2, -0.15) is 0 Å². The van der Waals surface area contributed by atoms with Crippen molar-refractivity contribution in [3.63, 3.8) is 0 Å². The number of rotatable bonds is 6. The summed E-state index contributed by atoms with van der Waals surface area (Å²) in [6.07, 6.45) is 0.916. The van der Waals surface area contributed by atoms with Crippen molar-refractivity contribution < 1.29 is 14.3 Å². The highest BCUT2D eigenvalue weighted by Gasteiger charge is 2.18. The average Bonchev–Trinajstić information content (AvgIpc) is 2.89. The van der Waals surface area contributed by atoms with Crippen LogP contribution in [0.25, 0.3) is 11.1 Å². The van der Waals surface area contributed by atoms with Gasteiger partial charge in [-0.3, -0.25) is 4.79 Å². The molecule has 0 spiro atoms. The fourth-order valence-electron chi connectivity index (χ4n) is 2.73. The van der Waals surface area contributed by atoms with Crippen LogP contribution in [0.4, 0.5) is 5.69 Å². The first-order chi connectivity index (χ1) is 10.8. The summed E-state index contributed by atoms with van der Waals surface area (Å²) in [5.74, 6) is -0.147. The van der Waals surface area contributed by atoms with E-state index >= 15 is 0 Å². The van der Waals surface area contributed by atoms with Gasteiger partial charge < -0.3 is 14.8 Å². The number of carbonyl (C=O) groups is 1. The van der Waals surface area contributed by atoms with Gasteiger partial charge in [0.1, 0.15) is 6.61 Å². The van der Waals surface area contributed by atoms with Gasteiger partial charge in [-0.25, -0.2) is 0 Å². The molecule has 1 amide bonds. The second-order valence-electron chi connectivity index (χ2n) is 5.30. The lowest BCUT2D eigenvalue weighted by atomic mass is 10.1. The Morgan fingerprint density at radius 2 is 1.91 bits per heavy atom. The molecule has 2 aromatic rings. The molecule has 0 saturated heterocycles. The van der Waals surface area contributed by atoms with E-state index in [9.17, 15) is 4.79 Å². The van der Waals surface area contributed by atoms with Crippen LogP contribution in [0.3, 0.4) is 0 Å². The number of methoxy groups -OCH3 is 1. The molecule has 0 saturated carbocycles. The first kappa shape index (κ1) is 14.8. The van der Waals surface area contributed by atoms with Gasteiger partial charge in [-0.15, -0.1) is 0 Å². The van der Waals surface area contributed by atoms with Gasteiger partial charge in [0.15, 0.2) is 0 Å². The number of amides is 1. The largest absolute Gasteiger partial charge is 0.382 e. The van der Waals surface area contributed by atoms with Gasteiger partial charge in [-0.05, 0) is 40.8 Å². The first-order valence-corrected chi connectivity index (χ1v) is 7.35. The molecule has 1 aliphatic rings. The van der Waals surface area contributed by atoms with Crippen molar-refractivity contribution in [1.82, 2.24) is 0 Å². The Labute approximate surface area is 130 Å². The van der Waals surface area contributed by atoms with E-state index in [2.05, 4.69) is 35.6 Å². The van der Waals surface area contributed by atoms with Crippen LogP contribution in [-0.2, 0) is 20.7 Å². The molecule has 0 heterocycles. The Morgan fingerprint density at radius 3 is 2.77 bits per heavy atom. The lowest BCUT2D eigenvalue weighted by Crippen LogP contribution is -2.19. The molecular weight excluding hydrogens is 278 g/mol. The van der Waals surface area contributed by atoms with Gasteiger partial charge in [-0.1, -0.05) is 30.3 Å². The summed E-state index contributed by atoms with van der Waals surface area (Å²) in [6, 6.07) is 14.5.